The number of rotatable bonds is 5. The highest BCUT2D eigenvalue weighted by Crippen LogP contribution is 2.30. The molecular formula is C20H20N4O3. The van der Waals surface area contributed by atoms with Gasteiger partial charge in [0, 0.05) is 0 Å². The van der Waals surface area contributed by atoms with Gasteiger partial charge in [-0.25, -0.2) is 4.68 Å². The largest absolute Gasteiger partial charge is 0.486 e. The minimum absolute atomic E-state index is 0.00757. The molecule has 2 atom stereocenters. The number of ether oxygens (including phenoxy) is 2. The minimum atomic E-state index is -0.288. The summed E-state index contributed by atoms with van der Waals surface area (Å²) in [7, 11) is 0. The van der Waals surface area contributed by atoms with Crippen LogP contribution in [0.3, 0.4) is 0 Å². The maximum Gasteiger partial charge on any atom is 0.273 e. The monoisotopic (exact) mass is 364 g/mol. The molecule has 1 aliphatic rings. The number of para-hydroxylation sites is 2. The molecule has 1 N–H and O–H groups in total. The number of nitrogens with one attached hydrogen (secondary N) is 1. The Hall–Kier alpha value is -3.35. The molecule has 1 amide bonds. The maximum absolute atomic E-state index is 12.4. The van der Waals surface area contributed by atoms with Crippen molar-refractivity contribution in [3.05, 3.63) is 72.1 Å². The molecule has 3 aromatic rings. The van der Waals surface area contributed by atoms with Crippen molar-refractivity contribution in [2.75, 3.05) is 13.2 Å². The van der Waals surface area contributed by atoms with Crippen molar-refractivity contribution in [2.24, 2.45) is 0 Å². The Balaban J connectivity index is 1.35. The first kappa shape index (κ1) is 17.1. The fraction of sp³-hybridized carbons (Fsp3) is 0.250. The van der Waals surface area contributed by atoms with Crippen molar-refractivity contribution in [3.63, 3.8) is 0 Å². The topological polar surface area (TPSA) is 78.3 Å². The lowest BCUT2D eigenvalue weighted by molar-refractivity contribution is 0.0786. The molecular weight excluding hydrogens is 344 g/mol. The second-order valence-corrected chi connectivity index (χ2v) is 6.38. The fourth-order valence-corrected chi connectivity index (χ4v) is 2.92. The van der Waals surface area contributed by atoms with Gasteiger partial charge in [0.15, 0.2) is 17.2 Å². The summed E-state index contributed by atoms with van der Waals surface area (Å²) in [5.41, 5.74) is 1.37. The predicted octanol–water partition coefficient (Wildman–Crippen LogP) is 2.46. The number of carbonyl (C=O) groups excluding carboxylic acids is 1. The third-order valence-corrected chi connectivity index (χ3v) is 4.48. The highest BCUT2D eigenvalue weighted by molar-refractivity contribution is 5.91. The summed E-state index contributed by atoms with van der Waals surface area (Å²) in [6, 6.07) is 17.4. The van der Waals surface area contributed by atoms with E-state index in [9.17, 15) is 4.79 Å². The summed E-state index contributed by atoms with van der Waals surface area (Å²) in [4.78, 5) is 12.4. The molecule has 2 aromatic carbocycles. The van der Waals surface area contributed by atoms with E-state index in [1.807, 2.05) is 61.5 Å². The van der Waals surface area contributed by atoms with Gasteiger partial charge in [0.2, 0.25) is 0 Å². The quantitative estimate of drug-likeness (QED) is 0.752. The van der Waals surface area contributed by atoms with E-state index in [0.29, 0.717) is 18.9 Å². The minimum Gasteiger partial charge on any atom is -0.486 e. The van der Waals surface area contributed by atoms with Gasteiger partial charge in [-0.3, -0.25) is 4.79 Å². The Labute approximate surface area is 156 Å². The summed E-state index contributed by atoms with van der Waals surface area (Å²) in [5.74, 6) is 1.12. The Bertz CT molecular complexity index is 926. The Morgan fingerprint density at radius 2 is 1.93 bits per heavy atom. The van der Waals surface area contributed by atoms with Crippen LogP contribution in [0.15, 0.2) is 60.8 Å². The molecule has 0 aliphatic carbocycles. The van der Waals surface area contributed by atoms with E-state index in [0.717, 1.165) is 11.3 Å². The zero-order valence-electron chi connectivity index (χ0n) is 14.9. The average Bonchev–Trinajstić information content (AvgIpc) is 3.22. The van der Waals surface area contributed by atoms with Gasteiger partial charge in [-0.2, -0.15) is 0 Å². The van der Waals surface area contributed by atoms with Crippen LogP contribution in [0, 0.1) is 0 Å². The standard InChI is InChI=1S/C20H20N4O3/c1-14(15-7-3-2-4-8-15)24-12-17(22-23-24)20(25)21-11-16-13-26-18-9-5-6-10-19(18)27-16/h2-10,12,14,16H,11,13H2,1H3,(H,21,25)/t14-,16+/m1/s1. The van der Waals surface area contributed by atoms with Gasteiger partial charge in [-0.05, 0) is 24.6 Å². The van der Waals surface area contributed by atoms with Crippen molar-refractivity contribution in [1.29, 1.82) is 0 Å². The van der Waals surface area contributed by atoms with E-state index in [2.05, 4.69) is 15.6 Å². The third kappa shape index (κ3) is 3.76. The lowest BCUT2D eigenvalue weighted by atomic mass is 10.1. The van der Waals surface area contributed by atoms with Crippen molar-refractivity contribution in [2.45, 2.75) is 19.1 Å². The van der Waals surface area contributed by atoms with Crippen molar-refractivity contribution in [1.82, 2.24) is 20.3 Å². The molecule has 0 spiro atoms. The number of hydrogen-bond donors (Lipinski definition) is 1. The zero-order valence-corrected chi connectivity index (χ0v) is 14.9. The van der Waals surface area contributed by atoms with Crippen LogP contribution >= 0.6 is 0 Å². The number of carbonyl (C=O) groups is 1. The van der Waals surface area contributed by atoms with E-state index >= 15 is 0 Å². The highest BCUT2D eigenvalue weighted by Gasteiger charge is 2.22. The lowest BCUT2D eigenvalue weighted by Gasteiger charge is -2.26. The van der Waals surface area contributed by atoms with Gasteiger partial charge in [-0.1, -0.05) is 47.7 Å². The average molecular weight is 364 g/mol. The first-order chi connectivity index (χ1) is 13.2. The van der Waals surface area contributed by atoms with Crippen LogP contribution in [0.2, 0.25) is 0 Å². The molecule has 1 aliphatic heterocycles. The molecule has 7 nitrogen and oxygen atoms in total. The van der Waals surface area contributed by atoms with E-state index in [1.54, 1.807) is 10.9 Å². The number of benzene rings is 2. The second-order valence-electron chi connectivity index (χ2n) is 6.38. The molecule has 27 heavy (non-hydrogen) atoms. The summed E-state index contributed by atoms with van der Waals surface area (Å²) in [6.07, 6.45) is 1.41. The molecule has 4 rings (SSSR count). The molecule has 1 aromatic heterocycles. The first-order valence-electron chi connectivity index (χ1n) is 8.84. The van der Waals surface area contributed by atoms with Gasteiger partial charge >= 0.3 is 0 Å². The van der Waals surface area contributed by atoms with Crippen LogP contribution in [0.4, 0.5) is 0 Å². The van der Waals surface area contributed by atoms with Crippen LogP contribution in [0.25, 0.3) is 0 Å². The molecule has 0 saturated heterocycles. The van der Waals surface area contributed by atoms with Gasteiger partial charge in [0.1, 0.15) is 12.7 Å². The third-order valence-electron chi connectivity index (χ3n) is 4.48. The number of nitrogens with zero attached hydrogens (tertiary/aromatic N) is 3. The van der Waals surface area contributed by atoms with Gasteiger partial charge in [0.05, 0.1) is 18.8 Å². The molecule has 7 heteroatoms. The van der Waals surface area contributed by atoms with Crippen LogP contribution in [-0.4, -0.2) is 40.2 Å². The normalized spacial score (nSPS) is 16.6. The van der Waals surface area contributed by atoms with Crippen LogP contribution in [0.5, 0.6) is 11.5 Å². The Kier molecular flexibility index (Phi) is 4.74. The van der Waals surface area contributed by atoms with Crippen molar-refractivity contribution >= 4 is 5.91 Å². The van der Waals surface area contributed by atoms with E-state index in [4.69, 9.17) is 9.47 Å². The lowest BCUT2D eigenvalue weighted by Crippen LogP contribution is -2.40. The summed E-state index contributed by atoms with van der Waals surface area (Å²) >= 11 is 0. The Morgan fingerprint density at radius 1 is 1.19 bits per heavy atom. The second kappa shape index (κ2) is 7.49. The van der Waals surface area contributed by atoms with Crippen molar-refractivity contribution in [3.8, 4) is 11.5 Å². The van der Waals surface area contributed by atoms with E-state index in [-0.39, 0.29) is 23.7 Å². The maximum atomic E-state index is 12.4. The fourth-order valence-electron chi connectivity index (χ4n) is 2.92. The number of fused-ring (bicyclic) bond motifs is 1. The van der Waals surface area contributed by atoms with E-state index < -0.39 is 0 Å². The smallest absolute Gasteiger partial charge is 0.273 e. The Morgan fingerprint density at radius 3 is 2.74 bits per heavy atom. The first-order valence-corrected chi connectivity index (χ1v) is 8.84. The predicted molar refractivity (Wildman–Crippen MR) is 99.0 cm³/mol. The molecule has 0 bridgehead atoms. The molecule has 0 radical (unpaired) electrons. The van der Waals surface area contributed by atoms with Crippen LogP contribution in [0.1, 0.15) is 29.0 Å². The summed E-state index contributed by atoms with van der Waals surface area (Å²) in [5, 5.41) is 10.9. The summed E-state index contributed by atoms with van der Waals surface area (Å²) < 4.78 is 13.2. The van der Waals surface area contributed by atoms with Gasteiger partial charge in [-0.15, -0.1) is 5.10 Å². The van der Waals surface area contributed by atoms with Crippen LogP contribution in [-0.2, 0) is 0 Å². The SMILES string of the molecule is C[C@H](c1ccccc1)n1cc(C(=O)NC[C@H]2COc3ccccc3O2)nn1. The van der Waals surface area contributed by atoms with Crippen molar-refractivity contribution < 1.29 is 14.3 Å². The summed E-state index contributed by atoms with van der Waals surface area (Å²) in [6.45, 7) is 2.72. The van der Waals surface area contributed by atoms with E-state index in [1.165, 1.54) is 0 Å². The highest BCUT2D eigenvalue weighted by atomic mass is 16.6. The molecule has 138 valence electrons. The van der Waals surface area contributed by atoms with Gasteiger partial charge < -0.3 is 14.8 Å². The number of aromatic nitrogens is 3. The molecule has 2 heterocycles. The number of amides is 1. The molecule has 0 saturated carbocycles. The molecule has 0 unspecified atom stereocenters. The van der Waals surface area contributed by atoms with Crippen LogP contribution < -0.4 is 14.8 Å². The number of hydrogen-bond acceptors (Lipinski definition) is 5. The molecule has 0 fully saturated rings. The van der Waals surface area contributed by atoms with Gasteiger partial charge in [0.25, 0.3) is 5.91 Å². The zero-order chi connectivity index (χ0) is 18.6.